The van der Waals surface area contributed by atoms with Crippen LogP contribution in [0.1, 0.15) is 39.5 Å². The fourth-order valence-electron chi connectivity index (χ4n) is 1.94. The Kier molecular flexibility index (Phi) is 5.09. The number of aliphatic hydroxyl groups excluding tert-OH is 1. The minimum absolute atomic E-state index is 0.135. The second-order valence-electron chi connectivity index (χ2n) is 4.50. The Morgan fingerprint density at radius 2 is 2.33 bits per heavy atom. The smallest absolute Gasteiger partial charge is 0.252 e. The van der Waals surface area contributed by atoms with Crippen LogP contribution in [0.15, 0.2) is 29.8 Å². The van der Waals surface area contributed by atoms with E-state index in [1.807, 2.05) is 25.3 Å². The molecule has 2 N–H and O–H groups in total. The van der Waals surface area contributed by atoms with Crippen LogP contribution >= 0.6 is 11.3 Å². The molecule has 1 unspecified atom stereocenters. The average molecular weight is 300 g/mol. The number of hydrogen-bond acceptors (Lipinski definition) is 4. The van der Waals surface area contributed by atoms with E-state index in [-0.39, 0.29) is 18.6 Å². The fourth-order valence-corrected chi connectivity index (χ4v) is 2.58. The second-order valence-corrected chi connectivity index (χ2v) is 5.43. The summed E-state index contributed by atoms with van der Waals surface area (Å²) in [7, 11) is 0. The van der Waals surface area contributed by atoms with Gasteiger partial charge in [0.25, 0.3) is 5.91 Å². The molecule has 4 nitrogen and oxygen atoms in total. The topological polar surface area (TPSA) is 62.2 Å². The number of aliphatic hydroxyl groups is 1. The van der Waals surface area contributed by atoms with Crippen LogP contribution in [0.5, 0.6) is 0 Å². The lowest BCUT2D eigenvalue weighted by Gasteiger charge is -2.13. The van der Waals surface area contributed by atoms with Gasteiger partial charge in [0.05, 0.1) is 6.04 Å². The highest BCUT2D eigenvalue weighted by Crippen LogP contribution is 2.17. The Labute approximate surface area is 127 Å². The van der Waals surface area contributed by atoms with Crippen molar-refractivity contribution in [1.82, 2.24) is 10.3 Å². The molecule has 0 aliphatic carbocycles. The molecule has 1 aromatic carbocycles. The molecule has 1 heterocycles. The van der Waals surface area contributed by atoms with Gasteiger partial charge < -0.3 is 10.4 Å². The van der Waals surface area contributed by atoms with Crippen molar-refractivity contribution in [3.63, 3.8) is 0 Å². The van der Waals surface area contributed by atoms with E-state index in [2.05, 4.69) is 22.1 Å². The van der Waals surface area contributed by atoms with Gasteiger partial charge in [0.1, 0.15) is 11.6 Å². The molecule has 1 atom stereocenters. The van der Waals surface area contributed by atoms with Gasteiger partial charge >= 0.3 is 0 Å². The zero-order valence-electron chi connectivity index (χ0n) is 11.9. The van der Waals surface area contributed by atoms with E-state index in [0.29, 0.717) is 5.56 Å². The molecule has 0 saturated heterocycles. The summed E-state index contributed by atoms with van der Waals surface area (Å²) in [5.74, 6) is 5.30. The molecular formula is C16H16N2O2S. The molecule has 0 fully saturated rings. The second kappa shape index (κ2) is 7.02. The third kappa shape index (κ3) is 3.69. The van der Waals surface area contributed by atoms with Crippen LogP contribution in [-0.4, -0.2) is 22.6 Å². The highest BCUT2D eigenvalue weighted by molar-refractivity contribution is 7.09. The summed E-state index contributed by atoms with van der Waals surface area (Å²) in [6, 6.07) is 5.25. The first-order valence-electron chi connectivity index (χ1n) is 6.53. The van der Waals surface area contributed by atoms with E-state index < -0.39 is 0 Å². The molecule has 2 aromatic rings. The first kappa shape index (κ1) is 15.2. The first-order chi connectivity index (χ1) is 10.1. The minimum atomic E-state index is -0.197. The summed E-state index contributed by atoms with van der Waals surface area (Å²) in [5, 5.41) is 14.5. The van der Waals surface area contributed by atoms with Gasteiger partial charge in [-0.15, -0.1) is 11.3 Å². The molecular weight excluding hydrogens is 284 g/mol. The molecule has 0 spiro atoms. The third-order valence-corrected chi connectivity index (χ3v) is 4.01. The number of carbonyl (C=O) groups excluding carboxylic acids is 1. The number of rotatable bonds is 3. The maximum absolute atomic E-state index is 12.4. The zero-order chi connectivity index (χ0) is 15.2. The van der Waals surface area contributed by atoms with Gasteiger partial charge in [0, 0.05) is 22.7 Å². The van der Waals surface area contributed by atoms with Gasteiger partial charge in [-0.2, -0.15) is 0 Å². The minimum Gasteiger partial charge on any atom is -0.384 e. The van der Waals surface area contributed by atoms with E-state index in [1.54, 1.807) is 18.3 Å². The lowest BCUT2D eigenvalue weighted by Crippen LogP contribution is -2.27. The quantitative estimate of drug-likeness (QED) is 0.855. The number of nitrogens with zero attached hydrogens (tertiary/aromatic N) is 1. The molecule has 0 aliphatic heterocycles. The summed E-state index contributed by atoms with van der Waals surface area (Å²) < 4.78 is 0. The Bertz CT molecular complexity index is 684. The van der Waals surface area contributed by atoms with Crippen molar-refractivity contribution in [3.05, 3.63) is 51.5 Å². The zero-order valence-corrected chi connectivity index (χ0v) is 12.7. The van der Waals surface area contributed by atoms with Crippen LogP contribution in [0.4, 0.5) is 0 Å². The molecule has 2 rings (SSSR count). The summed E-state index contributed by atoms with van der Waals surface area (Å²) in [6.45, 7) is 3.56. The predicted molar refractivity (Wildman–Crippen MR) is 83.1 cm³/mol. The van der Waals surface area contributed by atoms with Crippen molar-refractivity contribution in [2.75, 3.05) is 6.61 Å². The van der Waals surface area contributed by atoms with Gasteiger partial charge in [-0.25, -0.2) is 4.98 Å². The summed E-state index contributed by atoms with van der Waals surface area (Å²) in [5.41, 5.74) is 2.14. The standard InChI is InChI=1S/C16H16N2O2S/c1-11-13(6-4-9-19)5-3-7-14(11)15(20)18-12(2)16-17-8-10-21-16/h3,5,7-8,10,12,19H,9H2,1-2H3,(H,18,20). The number of thiazole rings is 1. The molecule has 0 bridgehead atoms. The number of carbonyl (C=O) groups is 1. The van der Waals surface area contributed by atoms with Gasteiger partial charge in [0.15, 0.2) is 0 Å². The Morgan fingerprint density at radius 1 is 1.52 bits per heavy atom. The van der Waals surface area contributed by atoms with E-state index in [4.69, 9.17) is 5.11 Å². The number of benzene rings is 1. The van der Waals surface area contributed by atoms with Crippen LogP contribution in [0.25, 0.3) is 0 Å². The van der Waals surface area contributed by atoms with E-state index in [0.717, 1.165) is 16.1 Å². The van der Waals surface area contributed by atoms with Crippen LogP contribution in [0.2, 0.25) is 0 Å². The molecule has 1 aromatic heterocycles. The van der Waals surface area contributed by atoms with E-state index in [1.165, 1.54) is 11.3 Å². The maximum atomic E-state index is 12.4. The average Bonchev–Trinajstić information content (AvgIpc) is 3.00. The van der Waals surface area contributed by atoms with Crippen molar-refractivity contribution >= 4 is 17.2 Å². The first-order valence-corrected chi connectivity index (χ1v) is 7.41. The van der Waals surface area contributed by atoms with Gasteiger partial charge in [-0.05, 0) is 31.5 Å². The normalized spacial score (nSPS) is 11.4. The van der Waals surface area contributed by atoms with Crippen molar-refractivity contribution in [2.24, 2.45) is 0 Å². The van der Waals surface area contributed by atoms with Crippen LogP contribution < -0.4 is 5.32 Å². The highest BCUT2D eigenvalue weighted by atomic mass is 32.1. The Balaban J connectivity index is 2.19. The Morgan fingerprint density at radius 3 is 3.00 bits per heavy atom. The largest absolute Gasteiger partial charge is 0.384 e. The summed E-state index contributed by atoms with van der Waals surface area (Å²) in [4.78, 5) is 16.6. The lowest BCUT2D eigenvalue weighted by molar-refractivity contribution is 0.0939. The number of nitrogens with one attached hydrogen (secondary N) is 1. The van der Waals surface area contributed by atoms with Crippen molar-refractivity contribution in [3.8, 4) is 11.8 Å². The lowest BCUT2D eigenvalue weighted by atomic mass is 10.0. The SMILES string of the molecule is Cc1c(C#CCO)cccc1C(=O)NC(C)c1nccs1. The molecule has 1 amide bonds. The maximum Gasteiger partial charge on any atom is 0.252 e. The third-order valence-electron chi connectivity index (χ3n) is 3.05. The van der Waals surface area contributed by atoms with Gasteiger partial charge in [0.2, 0.25) is 0 Å². The van der Waals surface area contributed by atoms with Crippen molar-refractivity contribution in [1.29, 1.82) is 0 Å². The predicted octanol–water partition coefficient (Wildman–Crippen LogP) is 2.29. The molecule has 0 radical (unpaired) electrons. The van der Waals surface area contributed by atoms with Crippen molar-refractivity contribution in [2.45, 2.75) is 19.9 Å². The van der Waals surface area contributed by atoms with Crippen LogP contribution in [0.3, 0.4) is 0 Å². The Hall–Kier alpha value is -2.16. The van der Waals surface area contributed by atoms with Gasteiger partial charge in [-0.1, -0.05) is 17.9 Å². The number of amides is 1. The number of aromatic nitrogens is 1. The molecule has 5 heteroatoms. The fraction of sp³-hybridized carbons (Fsp3) is 0.250. The van der Waals surface area contributed by atoms with Gasteiger partial charge in [-0.3, -0.25) is 4.79 Å². The van der Waals surface area contributed by atoms with Crippen LogP contribution in [-0.2, 0) is 0 Å². The number of hydrogen-bond donors (Lipinski definition) is 2. The molecule has 0 aliphatic rings. The molecule has 108 valence electrons. The monoisotopic (exact) mass is 300 g/mol. The highest BCUT2D eigenvalue weighted by Gasteiger charge is 2.15. The van der Waals surface area contributed by atoms with Crippen LogP contribution in [0, 0.1) is 18.8 Å². The molecule has 0 saturated carbocycles. The summed E-state index contributed by atoms with van der Waals surface area (Å²) >= 11 is 1.51. The van der Waals surface area contributed by atoms with Crippen molar-refractivity contribution < 1.29 is 9.90 Å². The van der Waals surface area contributed by atoms with E-state index in [9.17, 15) is 4.79 Å². The summed E-state index contributed by atoms with van der Waals surface area (Å²) in [6.07, 6.45) is 1.72. The molecule has 21 heavy (non-hydrogen) atoms. The van der Waals surface area contributed by atoms with E-state index >= 15 is 0 Å².